The maximum atomic E-state index is 12.6. The van der Waals surface area contributed by atoms with Gasteiger partial charge in [0.15, 0.2) is 0 Å². The number of aromatic nitrogens is 2. The maximum absolute atomic E-state index is 12.6. The number of nitrogens with two attached hydrogens (primary N) is 1. The van der Waals surface area contributed by atoms with Crippen molar-refractivity contribution in [3.8, 4) is 11.3 Å². The fourth-order valence-corrected chi connectivity index (χ4v) is 4.44. The molecule has 2 heterocycles. The Kier molecular flexibility index (Phi) is 6.91. The topological polar surface area (TPSA) is 93.2 Å². The summed E-state index contributed by atoms with van der Waals surface area (Å²) in [6.45, 7) is 3.62. The lowest BCUT2D eigenvalue weighted by molar-refractivity contribution is 0.102. The van der Waals surface area contributed by atoms with Gasteiger partial charge in [-0.15, -0.1) is 0 Å². The molecule has 1 aliphatic heterocycles. The van der Waals surface area contributed by atoms with Crippen LogP contribution in [-0.4, -0.2) is 33.7 Å². The Morgan fingerprint density at radius 1 is 0.833 bits per heavy atom. The molecule has 1 saturated heterocycles. The number of amides is 1. The monoisotopic (exact) mass is 479 g/mol. The third-order valence-corrected chi connectivity index (χ3v) is 6.48. The predicted octanol–water partition coefficient (Wildman–Crippen LogP) is 4.39. The van der Waals surface area contributed by atoms with Gasteiger partial charge in [0.05, 0.1) is 23.6 Å². The van der Waals surface area contributed by atoms with E-state index in [0.29, 0.717) is 23.5 Å². The molecule has 5 rings (SSSR count). The van der Waals surface area contributed by atoms with Crippen LogP contribution in [0.2, 0.25) is 0 Å². The predicted molar refractivity (Wildman–Crippen MR) is 143 cm³/mol. The van der Waals surface area contributed by atoms with Gasteiger partial charge >= 0.3 is 0 Å². The number of rotatable bonds is 7. The van der Waals surface area contributed by atoms with E-state index in [0.717, 1.165) is 23.4 Å². The van der Waals surface area contributed by atoms with Crippen LogP contribution in [-0.2, 0) is 13.1 Å². The Morgan fingerprint density at radius 3 is 2.22 bits per heavy atom. The minimum absolute atomic E-state index is 0.175. The second-order valence-corrected chi connectivity index (χ2v) is 9.13. The zero-order chi connectivity index (χ0) is 24.9. The van der Waals surface area contributed by atoms with Crippen molar-refractivity contribution in [2.75, 3.05) is 24.1 Å². The molecule has 1 aromatic heterocycles. The fourth-order valence-electron chi connectivity index (χ4n) is 4.44. The average Bonchev–Trinajstić information content (AvgIpc) is 3.41. The fraction of sp³-hybridized carbons (Fsp3) is 0.207. The van der Waals surface area contributed by atoms with E-state index < -0.39 is 0 Å². The first-order valence-electron chi connectivity index (χ1n) is 12.2. The lowest BCUT2D eigenvalue weighted by Crippen LogP contribution is -2.23. The molecule has 1 fully saturated rings. The van der Waals surface area contributed by atoms with E-state index in [-0.39, 0.29) is 11.5 Å². The Bertz CT molecular complexity index is 1410. The average molecular weight is 480 g/mol. The molecular weight excluding hydrogens is 450 g/mol. The van der Waals surface area contributed by atoms with Gasteiger partial charge in [-0.25, -0.2) is 4.68 Å². The Morgan fingerprint density at radius 2 is 1.50 bits per heavy atom. The maximum Gasteiger partial charge on any atom is 0.267 e. The number of para-hydroxylation sites is 2. The molecule has 0 radical (unpaired) electrons. The van der Waals surface area contributed by atoms with Crippen molar-refractivity contribution in [2.24, 2.45) is 0 Å². The van der Waals surface area contributed by atoms with Crippen LogP contribution in [0.3, 0.4) is 0 Å². The number of likely N-dealkylation sites (tertiary alicyclic amines) is 1. The van der Waals surface area contributed by atoms with Crippen LogP contribution in [0.1, 0.15) is 34.3 Å². The molecule has 182 valence electrons. The van der Waals surface area contributed by atoms with Crippen LogP contribution in [0.4, 0.5) is 11.4 Å². The molecule has 7 heteroatoms. The molecule has 0 bridgehead atoms. The number of carbonyl (C=O) groups excluding carboxylic acids is 1. The van der Waals surface area contributed by atoms with Gasteiger partial charge in [0.1, 0.15) is 0 Å². The highest BCUT2D eigenvalue weighted by Crippen LogP contribution is 2.20. The van der Waals surface area contributed by atoms with Gasteiger partial charge in [0.2, 0.25) is 0 Å². The second kappa shape index (κ2) is 10.6. The first-order valence-corrected chi connectivity index (χ1v) is 12.2. The highest BCUT2D eigenvalue weighted by Gasteiger charge is 2.12. The number of benzene rings is 3. The first kappa shape index (κ1) is 23.5. The van der Waals surface area contributed by atoms with Crippen LogP contribution in [0.5, 0.6) is 0 Å². The molecule has 0 atom stereocenters. The summed E-state index contributed by atoms with van der Waals surface area (Å²) in [4.78, 5) is 27.5. The summed E-state index contributed by atoms with van der Waals surface area (Å²) in [5.41, 5.74) is 11.2. The number of nitrogen functional groups attached to an aromatic ring is 1. The van der Waals surface area contributed by atoms with Gasteiger partial charge in [-0.3, -0.25) is 14.5 Å². The smallest absolute Gasteiger partial charge is 0.267 e. The van der Waals surface area contributed by atoms with E-state index in [1.807, 2.05) is 24.3 Å². The molecule has 1 amide bonds. The van der Waals surface area contributed by atoms with E-state index in [1.165, 1.54) is 36.2 Å². The van der Waals surface area contributed by atoms with E-state index >= 15 is 0 Å². The largest absolute Gasteiger partial charge is 0.397 e. The van der Waals surface area contributed by atoms with Crippen LogP contribution in [0.25, 0.3) is 11.3 Å². The third kappa shape index (κ3) is 5.53. The van der Waals surface area contributed by atoms with E-state index in [4.69, 9.17) is 5.73 Å². The summed E-state index contributed by atoms with van der Waals surface area (Å²) in [6, 6.07) is 26.0. The number of anilines is 2. The van der Waals surface area contributed by atoms with Crippen molar-refractivity contribution >= 4 is 17.3 Å². The minimum Gasteiger partial charge on any atom is -0.397 e. The second-order valence-electron chi connectivity index (χ2n) is 9.13. The van der Waals surface area contributed by atoms with Crippen molar-refractivity contribution in [1.82, 2.24) is 14.7 Å². The number of hydrogen-bond acceptors (Lipinski definition) is 5. The lowest BCUT2D eigenvalue weighted by atomic mass is 10.1. The first-order chi connectivity index (χ1) is 17.5. The van der Waals surface area contributed by atoms with E-state index in [1.54, 1.807) is 36.4 Å². The van der Waals surface area contributed by atoms with Crippen molar-refractivity contribution < 1.29 is 4.79 Å². The number of carbonyl (C=O) groups is 1. The molecule has 7 nitrogen and oxygen atoms in total. The molecule has 1 aliphatic rings. The van der Waals surface area contributed by atoms with Crippen LogP contribution < -0.4 is 16.6 Å². The summed E-state index contributed by atoms with van der Waals surface area (Å²) >= 11 is 0. The SMILES string of the molecule is Nc1ccccc1NC(=O)c1ccc(Cn2nc(-c3ccc(CN4CCCC4)cc3)ccc2=O)cc1. The Balaban J connectivity index is 1.27. The minimum atomic E-state index is -0.245. The molecule has 4 aromatic rings. The highest BCUT2D eigenvalue weighted by molar-refractivity contribution is 6.05. The van der Waals surface area contributed by atoms with Gasteiger partial charge in [-0.2, -0.15) is 5.10 Å². The molecule has 0 saturated carbocycles. The van der Waals surface area contributed by atoms with Gasteiger partial charge in [-0.05, 0) is 67.4 Å². The summed E-state index contributed by atoms with van der Waals surface area (Å²) in [5, 5.41) is 7.41. The summed E-state index contributed by atoms with van der Waals surface area (Å²) in [7, 11) is 0. The van der Waals surface area contributed by atoms with Crippen molar-refractivity contribution in [3.05, 3.63) is 112 Å². The molecule has 36 heavy (non-hydrogen) atoms. The summed E-state index contributed by atoms with van der Waals surface area (Å²) in [6.07, 6.45) is 2.56. The number of nitrogens with zero attached hydrogens (tertiary/aromatic N) is 3. The molecule has 0 spiro atoms. The zero-order valence-electron chi connectivity index (χ0n) is 20.1. The van der Waals surface area contributed by atoms with E-state index in [9.17, 15) is 9.59 Å². The molecule has 3 aromatic carbocycles. The van der Waals surface area contributed by atoms with Gasteiger partial charge < -0.3 is 11.1 Å². The molecule has 0 aliphatic carbocycles. The number of nitrogens with one attached hydrogen (secondary N) is 1. The van der Waals surface area contributed by atoms with Crippen molar-refractivity contribution in [1.29, 1.82) is 0 Å². The quantitative estimate of drug-likeness (QED) is 0.384. The Hall–Kier alpha value is -4.23. The van der Waals surface area contributed by atoms with Crippen molar-refractivity contribution in [3.63, 3.8) is 0 Å². The standard InChI is InChI=1S/C29H29N5O2/c30-25-5-1-2-6-27(25)31-29(36)24-13-9-22(10-14-24)20-34-28(35)16-15-26(32-34)23-11-7-21(8-12-23)19-33-17-3-4-18-33/h1-2,5-16H,3-4,17-20,30H2,(H,31,36). The van der Waals surface area contributed by atoms with Crippen molar-refractivity contribution in [2.45, 2.75) is 25.9 Å². The normalized spacial score (nSPS) is 13.6. The highest BCUT2D eigenvalue weighted by atomic mass is 16.1. The summed E-state index contributed by atoms with van der Waals surface area (Å²) in [5.74, 6) is -0.245. The van der Waals surface area contributed by atoms with E-state index in [2.05, 4.69) is 39.6 Å². The third-order valence-electron chi connectivity index (χ3n) is 6.48. The lowest BCUT2D eigenvalue weighted by Gasteiger charge is -2.14. The summed E-state index contributed by atoms with van der Waals surface area (Å²) < 4.78 is 1.45. The van der Waals surface area contributed by atoms with Crippen LogP contribution in [0.15, 0.2) is 89.7 Å². The molecule has 0 unspecified atom stereocenters. The van der Waals surface area contributed by atoms with Crippen LogP contribution >= 0.6 is 0 Å². The molecular formula is C29H29N5O2. The van der Waals surface area contributed by atoms with Gasteiger partial charge in [0, 0.05) is 23.7 Å². The Labute approximate surface area is 210 Å². The zero-order valence-corrected chi connectivity index (χ0v) is 20.1. The molecule has 3 N–H and O–H groups in total. The van der Waals surface area contributed by atoms with Gasteiger partial charge in [-0.1, -0.05) is 48.5 Å². The van der Waals surface area contributed by atoms with Gasteiger partial charge in [0.25, 0.3) is 11.5 Å². The number of hydrogen-bond donors (Lipinski definition) is 2. The van der Waals surface area contributed by atoms with Crippen LogP contribution in [0, 0.1) is 0 Å².